The lowest BCUT2D eigenvalue weighted by Crippen LogP contribution is -2.53. The van der Waals surface area contributed by atoms with Gasteiger partial charge in [-0.15, -0.1) is 10.2 Å². The second-order valence-corrected chi connectivity index (χ2v) is 5.28. The molecule has 1 unspecified atom stereocenters. The van der Waals surface area contributed by atoms with E-state index in [1.54, 1.807) is 11.6 Å². The van der Waals surface area contributed by atoms with Gasteiger partial charge in [-0.3, -0.25) is 4.79 Å². The molecule has 3 heterocycles. The summed E-state index contributed by atoms with van der Waals surface area (Å²) >= 11 is 1.44. The van der Waals surface area contributed by atoms with Crippen molar-refractivity contribution in [2.45, 2.75) is 19.1 Å². The molecule has 8 nitrogen and oxygen atoms in total. The summed E-state index contributed by atoms with van der Waals surface area (Å²) in [5.41, 5.74) is 0. The monoisotopic (exact) mass is 282 g/mol. The molecule has 9 heteroatoms. The van der Waals surface area contributed by atoms with Gasteiger partial charge in [-0.05, 0) is 0 Å². The molecular weight excluding hydrogens is 268 g/mol. The molecule has 1 atom stereocenters. The van der Waals surface area contributed by atoms with Crippen LogP contribution in [0.2, 0.25) is 0 Å². The van der Waals surface area contributed by atoms with Gasteiger partial charge in [0.25, 0.3) is 0 Å². The van der Waals surface area contributed by atoms with Gasteiger partial charge >= 0.3 is 0 Å². The normalized spacial score (nSPS) is 19.8. The molecule has 102 valence electrons. The highest BCUT2D eigenvalue weighted by Crippen LogP contribution is 2.16. The van der Waals surface area contributed by atoms with Crippen molar-refractivity contribution in [2.24, 2.45) is 0 Å². The molecule has 0 radical (unpaired) electrons. The zero-order valence-electron chi connectivity index (χ0n) is 10.4. The molecule has 0 aromatic carbocycles. The van der Waals surface area contributed by atoms with Crippen LogP contribution in [0.1, 0.15) is 10.8 Å². The third-order valence-corrected chi connectivity index (χ3v) is 3.80. The first kappa shape index (κ1) is 12.5. The van der Waals surface area contributed by atoms with Gasteiger partial charge < -0.3 is 15.4 Å². The van der Waals surface area contributed by atoms with Crippen molar-refractivity contribution in [3.63, 3.8) is 0 Å². The fourth-order valence-corrected chi connectivity index (χ4v) is 2.88. The van der Waals surface area contributed by atoms with Crippen molar-refractivity contribution < 1.29 is 9.53 Å². The highest BCUT2D eigenvalue weighted by molar-refractivity contribution is 7.16. The Kier molecular flexibility index (Phi) is 3.40. The maximum Gasteiger partial charge on any atom is 0.237 e. The molecule has 3 rings (SSSR count). The molecule has 1 fully saturated rings. The van der Waals surface area contributed by atoms with Crippen LogP contribution >= 0.6 is 11.3 Å². The number of methoxy groups -OCH3 is 1. The SMILES string of the molecule is COCc1nnc2sc(CC3NCCNC3=O)nn12. The molecule has 0 saturated carbocycles. The van der Waals surface area contributed by atoms with Crippen molar-refractivity contribution >= 4 is 22.2 Å². The Morgan fingerprint density at radius 3 is 3.16 bits per heavy atom. The van der Waals surface area contributed by atoms with Crippen molar-refractivity contribution in [1.82, 2.24) is 30.4 Å². The van der Waals surface area contributed by atoms with Crippen molar-refractivity contribution in [2.75, 3.05) is 20.2 Å². The fourth-order valence-electron chi connectivity index (χ4n) is 1.99. The van der Waals surface area contributed by atoms with E-state index in [0.29, 0.717) is 25.4 Å². The maximum atomic E-state index is 11.7. The predicted octanol–water partition coefficient (Wildman–Crippen LogP) is -1.04. The molecule has 0 spiro atoms. The van der Waals surface area contributed by atoms with Gasteiger partial charge in [-0.1, -0.05) is 11.3 Å². The fraction of sp³-hybridized carbons (Fsp3) is 0.600. The smallest absolute Gasteiger partial charge is 0.237 e. The lowest BCUT2D eigenvalue weighted by molar-refractivity contribution is -0.124. The third kappa shape index (κ3) is 2.44. The average molecular weight is 282 g/mol. The van der Waals surface area contributed by atoms with Gasteiger partial charge in [0, 0.05) is 26.6 Å². The Balaban J connectivity index is 1.79. The molecule has 2 aromatic rings. The number of ether oxygens (including phenoxy) is 1. The van der Waals surface area contributed by atoms with Crippen LogP contribution in [-0.2, 0) is 22.6 Å². The third-order valence-electron chi connectivity index (χ3n) is 2.88. The molecule has 1 aliphatic heterocycles. The van der Waals surface area contributed by atoms with E-state index in [0.717, 1.165) is 16.5 Å². The van der Waals surface area contributed by atoms with E-state index < -0.39 is 0 Å². The molecule has 2 N–H and O–H groups in total. The molecule has 0 bridgehead atoms. The Bertz CT molecular complexity index is 594. The Hall–Kier alpha value is -1.58. The molecule has 0 aliphatic carbocycles. The van der Waals surface area contributed by atoms with Crippen LogP contribution in [0, 0.1) is 0 Å². The van der Waals surface area contributed by atoms with Gasteiger partial charge in [0.2, 0.25) is 10.9 Å². The van der Waals surface area contributed by atoms with Crippen LogP contribution in [0.4, 0.5) is 0 Å². The van der Waals surface area contributed by atoms with Gasteiger partial charge in [0.15, 0.2) is 5.82 Å². The van der Waals surface area contributed by atoms with Crippen LogP contribution in [0.15, 0.2) is 0 Å². The summed E-state index contributed by atoms with van der Waals surface area (Å²) in [5.74, 6) is 0.690. The number of hydrogen-bond donors (Lipinski definition) is 2. The first-order valence-electron chi connectivity index (χ1n) is 5.98. The van der Waals surface area contributed by atoms with Gasteiger partial charge in [-0.2, -0.15) is 9.61 Å². The minimum absolute atomic E-state index is 0.0225. The lowest BCUT2D eigenvalue weighted by Gasteiger charge is -2.22. The van der Waals surface area contributed by atoms with E-state index in [-0.39, 0.29) is 11.9 Å². The summed E-state index contributed by atoms with van der Waals surface area (Å²) in [6.07, 6.45) is 0.562. The first-order valence-corrected chi connectivity index (χ1v) is 6.79. The number of carbonyl (C=O) groups excluding carboxylic acids is 1. The molecule has 1 amide bonds. The Morgan fingerprint density at radius 2 is 2.37 bits per heavy atom. The second-order valence-electron chi connectivity index (χ2n) is 4.24. The largest absolute Gasteiger partial charge is 0.377 e. The number of carbonyl (C=O) groups is 1. The first-order chi connectivity index (χ1) is 9.28. The number of piperazine rings is 1. The second kappa shape index (κ2) is 5.19. The van der Waals surface area contributed by atoms with E-state index >= 15 is 0 Å². The summed E-state index contributed by atoms with van der Waals surface area (Å²) < 4.78 is 6.71. The quantitative estimate of drug-likeness (QED) is 0.744. The summed E-state index contributed by atoms with van der Waals surface area (Å²) in [6.45, 7) is 1.83. The average Bonchev–Trinajstić information content (AvgIpc) is 2.94. The minimum Gasteiger partial charge on any atom is -0.377 e. The highest BCUT2D eigenvalue weighted by Gasteiger charge is 2.23. The zero-order chi connectivity index (χ0) is 13.2. The van der Waals surface area contributed by atoms with Crippen LogP contribution in [0.25, 0.3) is 4.96 Å². The van der Waals surface area contributed by atoms with Gasteiger partial charge in [0.1, 0.15) is 11.6 Å². The molecule has 2 aromatic heterocycles. The molecule has 1 aliphatic rings. The number of rotatable bonds is 4. The van der Waals surface area contributed by atoms with Crippen LogP contribution in [0.5, 0.6) is 0 Å². The standard InChI is InChI=1S/C10H14N6O2S/c1-18-5-7-13-14-10-16(7)15-8(19-10)4-6-9(17)12-3-2-11-6/h6,11H,2-5H2,1H3,(H,12,17). The Morgan fingerprint density at radius 1 is 1.47 bits per heavy atom. The highest BCUT2D eigenvalue weighted by atomic mass is 32.1. The lowest BCUT2D eigenvalue weighted by atomic mass is 10.1. The van der Waals surface area contributed by atoms with Crippen LogP contribution in [0.3, 0.4) is 0 Å². The van der Waals surface area contributed by atoms with Crippen LogP contribution < -0.4 is 10.6 Å². The van der Waals surface area contributed by atoms with Crippen LogP contribution in [-0.4, -0.2) is 52.0 Å². The molecule has 19 heavy (non-hydrogen) atoms. The summed E-state index contributed by atoms with van der Waals surface area (Å²) in [4.78, 5) is 12.4. The predicted molar refractivity (Wildman–Crippen MR) is 67.9 cm³/mol. The van der Waals surface area contributed by atoms with E-state index in [4.69, 9.17) is 4.74 Å². The number of hydrogen-bond acceptors (Lipinski definition) is 7. The molecular formula is C10H14N6O2S. The maximum absolute atomic E-state index is 11.7. The van der Waals surface area contributed by atoms with E-state index in [9.17, 15) is 4.79 Å². The minimum atomic E-state index is -0.219. The summed E-state index contributed by atoms with van der Waals surface area (Å²) in [6, 6.07) is -0.219. The topological polar surface area (TPSA) is 93.4 Å². The van der Waals surface area contributed by atoms with Crippen molar-refractivity contribution in [3.05, 3.63) is 10.8 Å². The van der Waals surface area contributed by atoms with E-state index in [1.807, 2.05) is 0 Å². The van der Waals surface area contributed by atoms with E-state index in [2.05, 4.69) is 25.9 Å². The summed E-state index contributed by atoms with van der Waals surface area (Å²) in [7, 11) is 1.60. The van der Waals surface area contributed by atoms with Crippen molar-refractivity contribution in [1.29, 1.82) is 0 Å². The number of amides is 1. The Labute approximate surface area is 113 Å². The number of nitrogens with zero attached hydrogens (tertiary/aromatic N) is 4. The molecule has 1 saturated heterocycles. The zero-order valence-corrected chi connectivity index (χ0v) is 11.2. The number of nitrogens with one attached hydrogen (secondary N) is 2. The number of fused-ring (bicyclic) bond motifs is 1. The van der Waals surface area contributed by atoms with Gasteiger partial charge in [-0.25, -0.2) is 0 Å². The van der Waals surface area contributed by atoms with E-state index in [1.165, 1.54) is 11.3 Å². The van der Waals surface area contributed by atoms with Gasteiger partial charge in [0.05, 0.1) is 6.04 Å². The van der Waals surface area contributed by atoms with Crippen molar-refractivity contribution in [3.8, 4) is 0 Å². The summed E-state index contributed by atoms with van der Waals surface area (Å²) in [5, 5.41) is 19.3. The number of aromatic nitrogens is 4.